The van der Waals surface area contributed by atoms with Crippen LogP contribution in [0.5, 0.6) is 0 Å². The lowest BCUT2D eigenvalue weighted by atomic mass is 10.1. The molecule has 0 spiro atoms. The summed E-state index contributed by atoms with van der Waals surface area (Å²) < 4.78 is 0. The third kappa shape index (κ3) is 2.77. The van der Waals surface area contributed by atoms with Crippen LogP contribution < -0.4 is 11.5 Å². The van der Waals surface area contributed by atoms with E-state index in [1.807, 2.05) is 0 Å². The van der Waals surface area contributed by atoms with Gasteiger partial charge in [-0.2, -0.15) is 0 Å². The van der Waals surface area contributed by atoms with Crippen molar-refractivity contribution in [3.63, 3.8) is 0 Å². The number of aliphatic carboxylic acids is 1. The molecule has 0 aromatic heterocycles. The van der Waals surface area contributed by atoms with Gasteiger partial charge in [0.25, 0.3) is 0 Å². The molecule has 2 atom stereocenters. The molecular weight excluding hydrogens is 136 g/mol. The number of carboxylic acids is 1. The number of nitrogens with two attached hydrogens (primary N) is 2. The van der Waals surface area contributed by atoms with Gasteiger partial charge in [0.1, 0.15) is 6.04 Å². The van der Waals surface area contributed by atoms with Crippen molar-refractivity contribution >= 4 is 5.97 Å². The van der Waals surface area contributed by atoms with E-state index in [4.69, 9.17) is 21.7 Å². The molecule has 0 amide bonds. The predicted octanol–water partition coefficient (Wildman–Crippen LogP) is -1.89. The van der Waals surface area contributed by atoms with E-state index in [-0.39, 0.29) is 13.0 Å². The van der Waals surface area contributed by atoms with Crippen LogP contribution in [0.25, 0.3) is 0 Å². The minimum absolute atomic E-state index is 0.216. The van der Waals surface area contributed by atoms with E-state index in [0.717, 1.165) is 0 Å². The van der Waals surface area contributed by atoms with Crippen molar-refractivity contribution in [3.8, 4) is 0 Å². The van der Waals surface area contributed by atoms with Gasteiger partial charge in [0.05, 0.1) is 6.10 Å². The van der Waals surface area contributed by atoms with Crippen LogP contribution in [-0.2, 0) is 4.79 Å². The minimum atomic E-state index is -1.22. The number of carbonyl (C=O) groups is 1. The van der Waals surface area contributed by atoms with Gasteiger partial charge >= 0.3 is 5.97 Å². The van der Waals surface area contributed by atoms with Crippen LogP contribution in [0.15, 0.2) is 0 Å². The van der Waals surface area contributed by atoms with Crippen molar-refractivity contribution in [2.24, 2.45) is 11.5 Å². The highest BCUT2D eigenvalue weighted by Gasteiger charge is 2.20. The summed E-state index contributed by atoms with van der Waals surface area (Å²) in [5.74, 6) is -1.21. The highest BCUT2D eigenvalue weighted by atomic mass is 16.4. The number of carboxylic acid groups (broad SMARTS) is 1. The molecule has 0 aromatic carbocycles. The Hall–Kier alpha value is -0.650. The number of rotatable bonds is 4. The van der Waals surface area contributed by atoms with Crippen molar-refractivity contribution in [2.75, 3.05) is 6.54 Å². The quantitative estimate of drug-likeness (QED) is 0.372. The van der Waals surface area contributed by atoms with Gasteiger partial charge in [-0.15, -0.1) is 0 Å². The van der Waals surface area contributed by atoms with Gasteiger partial charge < -0.3 is 21.7 Å². The molecule has 0 heterocycles. The lowest BCUT2D eigenvalue weighted by molar-refractivity contribution is -0.141. The van der Waals surface area contributed by atoms with Crippen molar-refractivity contribution < 1.29 is 15.0 Å². The van der Waals surface area contributed by atoms with E-state index in [1.165, 1.54) is 0 Å². The molecule has 0 saturated carbocycles. The van der Waals surface area contributed by atoms with Crippen molar-refractivity contribution in [3.05, 3.63) is 0 Å². The highest BCUT2D eigenvalue weighted by molar-refractivity contribution is 5.73. The van der Waals surface area contributed by atoms with Crippen LogP contribution in [0.4, 0.5) is 0 Å². The molecular formula is C5H12N2O3. The molecule has 2 unspecified atom stereocenters. The molecule has 5 nitrogen and oxygen atoms in total. The number of aliphatic hydroxyl groups excluding tert-OH is 1. The van der Waals surface area contributed by atoms with Crippen LogP contribution in [0.1, 0.15) is 6.42 Å². The van der Waals surface area contributed by atoms with E-state index in [9.17, 15) is 4.79 Å². The van der Waals surface area contributed by atoms with Gasteiger partial charge in [0.2, 0.25) is 0 Å². The SMILES string of the molecule is NCCC(O)C(N)C(=O)O. The van der Waals surface area contributed by atoms with E-state index >= 15 is 0 Å². The number of aliphatic hydroxyl groups is 1. The molecule has 0 bridgehead atoms. The van der Waals surface area contributed by atoms with E-state index in [2.05, 4.69) is 0 Å². The van der Waals surface area contributed by atoms with Gasteiger partial charge in [-0.3, -0.25) is 4.79 Å². The first-order chi connectivity index (χ1) is 4.59. The first kappa shape index (κ1) is 9.35. The predicted molar refractivity (Wildman–Crippen MR) is 35.3 cm³/mol. The molecule has 0 radical (unpaired) electrons. The Morgan fingerprint density at radius 3 is 2.40 bits per heavy atom. The molecule has 0 aliphatic carbocycles. The summed E-state index contributed by atoms with van der Waals surface area (Å²) in [7, 11) is 0. The van der Waals surface area contributed by atoms with Crippen molar-refractivity contribution in [1.29, 1.82) is 0 Å². The smallest absolute Gasteiger partial charge is 0.323 e. The van der Waals surface area contributed by atoms with E-state index in [0.29, 0.717) is 0 Å². The summed E-state index contributed by atoms with van der Waals surface area (Å²) in [6, 6.07) is -1.22. The first-order valence-corrected chi connectivity index (χ1v) is 2.96. The van der Waals surface area contributed by atoms with E-state index < -0.39 is 18.1 Å². The molecule has 0 aliphatic rings. The Kier molecular flexibility index (Phi) is 3.94. The molecule has 0 rings (SSSR count). The lowest BCUT2D eigenvalue weighted by Crippen LogP contribution is -2.42. The zero-order chi connectivity index (χ0) is 8.15. The monoisotopic (exact) mass is 148 g/mol. The van der Waals surface area contributed by atoms with Gasteiger partial charge in [0.15, 0.2) is 0 Å². The van der Waals surface area contributed by atoms with Gasteiger partial charge in [-0.05, 0) is 13.0 Å². The standard InChI is InChI=1S/C5H12N2O3/c6-2-1-3(8)4(7)5(9)10/h3-4,8H,1-2,6-7H2,(H,9,10). The average molecular weight is 148 g/mol. The maximum Gasteiger partial charge on any atom is 0.323 e. The van der Waals surface area contributed by atoms with Gasteiger partial charge in [0, 0.05) is 0 Å². The lowest BCUT2D eigenvalue weighted by Gasteiger charge is -2.12. The summed E-state index contributed by atoms with van der Waals surface area (Å²) >= 11 is 0. The Morgan fingerprint density at radius 1 is 1.60 bits per heavy atom. The number of hydrogen-bond acceptors (Lipinski definition) is 4. The molecule has 10 heavy (non-hydrogen) atoms. The third-order valence-corrected chi connectivity index (χ3v) is 1.16. The maximum atomic E-state index is 10.1. The topological polar surface area (TPSA) is 110 Å². The Bertz CT molecular complexity index is 117. The Labute approximate surface area is 58.6 Å². The zero-order valence-electron chi connectivity index (χ0n) is 5.53. The Balaban J connectivity index is 3.69. The fraction of sp³-hybridized carbons (Fsp3) is 0.800. The third-order valence-electron chi connectivity index (χ3n) is 1.16. The summed E-state index contributed by atoms with van der Waals surface area (Å²) in [5.41, 5.74) is 10.1. The second-order valence-electron chi connectivity index (χ2n) is 2.01. The van der Waals surface area contributed by atoms with Crippen LogP contribution in [-0.4, -0.2) is 34.9 Å². The van der Waals surface area contributed by atoms with Crippen LogP contribution in [0.2, 0.25) is 0 Å². The summed E-state index contributed by atoms with van der Waals surface area (Å²) in [6.07, 6.45) is -0.824. The molecule has 5 heteroatoms. The molecule has 0 saturated heterocycles. The normalized spacial score (nSPS) is 16.3. The largest absolute Gasteiger partial charge is 0.480 e. The second-order valence-corrected chi connectivity index (χ2v) is 2.01. The van der Waals surface area contributed by atoms with Gasteiger partial charge in [-0.1, -0.05) is 0 Å². The summed E-state index contributed by atoms with van der Waals surface area (Å²) in [6.45, 7) is 0.238. The summed E-state index contributed by atoms with van der Waals surface area (Å²) in [4.78, 5) is 10.1. The van der Waals surface area contributed by atoms with Crippen molar-refractivity contribution in [1.82, 2.24) is 0 Å². The average Bonchev–Trinajstić information content (AvgIpc) is 1.87. The fourth-order valence-electron chi connectivity index (χ4n) is 0.515. The molecule has 60 valence electrons. The van der Waals surface area contributed by atoms with Crippen LogP contribution in [0.3, 0.4) is 0 Å². The van der Waals surface area contributed by atoms with Crippen LogP contribution >= 0.6 is 0 Å². The minimum Gasteiger partial charge on any atom is -0.480 e. The molecule has 0 aromatic rings. The zero-order valence-corrected chi connectivity index (χ0v) is 5.53. The highest BCUT2D eigenvalue weighted by Crippen LogP contribution is 1.94. The van der Waals surface area contributed by atoms with Crippen LogP contribution in [0, 0.1) is 0 Å². The maximum absolute atomic E-state index is 10.1. The molecule has 0 aliphatic heterocycles. The molecule has 0 fully saturated rings. The Morgan fingerprint density at radius 2 is 2.10 bits per heavy atom. The number of hydrogen-bond donors (Lipinski definition) is 4. The van der Waals surface area contributed by atoms with E-state index in [1.54, 1.807) is 0 Å². The second kappa shape index (κ2) is 4.21. The van der Waals surface area contributed by atoms with Crippen molar-refractivity contribution in [2.45, 2.75) is 18.6 Å². The summed E-state index contributed by atoms with van der Waals surface area (Å²) in [5, 5.41) is 17.2. The van der Waals surface area contributed by atoms with Gasteiger partial charge in [-0.25, -0.2) is 0 Å². The first-order valence-electron chi connectivity index (χ1n) is 2.96. The fourth-order valence-corrected chi connectivity index (χ4v) is 0.515. The molecule has 6 N–H and O–H groups in total.